The molecule has 1 saturated carbocycles. The van der Waals surface area contributed by atoms with Crippen molar-refractivity contribution in [2.75, 3.05) is 5.32 Å². The number of benzene rings is 1. The number of carbonyl (C=O) groups is 1. The molecule has 1 fully saturated rings. The third kappa shape index (κ3) is 3.23. The summed E-state index contributed by atoms with van der Waals surface area (Å²) in [6.07, 6.45) is 11.2. The molecule has 1 aliphatic heterocycles. The summed E-state index contributed by atoms with van der Waals surface area (Å²) in [7, 11) is 0. The Kier molecular flexibility index (Phi) is 4.37. The highest BCUT2D eigenvalue weighted by Gasteiger charge is 2.17. The van der Waals surface area contributed by atoms with Gasteiger partial charge < -0.3 is 9.88 Å². The van der Waals surface area contributed by atoms with Crippen molar-refractivity contribution >= 4 is 11.6 Å². The van der Waals surface area contributed by atoms with Crippen molar-refractivity contribution in [3.63, 3.8) is 0 Å². The van der Waals surface area contributed by atoms with Gasteiger partial charge in [0.05, 0.1) is 11.9 Å². The third-order valence-corrected chi connectivity index (χ3v) is 5.44. The lowest BCUT2D eigenvalue weighted by molar-refractivity contribution is -0.116. The Bertz CT molecular complexity index is 711. The number of fused-ring (bicyclic) bond motifs is 1. The highest BCUT2D eigenvalue weighted by Crippen LogP contribution is 2.29. The molecule has 0 unspecified atom stereocenters. The highest BCUT2D eigenvalue weighted by molar-refractivity contribution is 5.90. The van der Waals surface area contributed by atoms with Crippen LogP contribution >= 0.6 is 0 Å². The molecule has 0 saturated heterocycles. The molecule has 1 aromatic carbocycles. The number of carbonyl (C=O) groups excluding carboxylic acids is 1. The standard InChI is InChI=1S/C20H25N3O/c24-20(12-7-15-4-1-2-5-15)22-17-10-8-16(9-11-17)18-14-21-19-6-3-13-23(18)19/h8-11,14-15H,1-7,12-13H2,(H,22,24). The van der Waals surface area contributed by atoms with Crippen LogP contribution in [0.3, 0.4) is 0 Å². The zero-order valence-corrected chi connectivity index (χ0v) is 14.1. The summed E-state index contributed by atoms with van der Waals surface area (Å²) in [5.74, 6) is 2.09. The zero-order valence-electron chi connectivity index (χ0n) is 14.1. The van der Waals surface area contributed by atoms with Gasteiger partial charge in [0.1, 0.15) is 5.82 Å². The van der Waals surface area contributed by atoms with Crippen LogP contribution < -0.4 is 5.32 Å². The minimum atomic E-state index is 0.139. The van der Waals surface area contributed by atoms with Crippen LogP contribution in [0.15, 0.2) is 30.5 Å². The molecule has 0 spiro atoms. The summed E-state index contributed by atoms with van der Waals surface area (Å²) in [4.78, 5) is 16.6. The Morgan fingerprint density at radius 3 is 2.75 bits per heavy atom. The quantitative estimate of drug-likeness (QED) is 0.886. The molecule has 24 heavy (non-hydrogen) atoms. The fourth-order valence-corrected chi connectivity index (χ4v) is 4.07. The lowest BCUT2D eigenvalue weighted by Crippen LogP contribution is -2.12. The number of hydrogen-bond donors (Lipinski definition) is 1. The van der Waals surface area contributed by atoms with Crippen LogP contribution in [0.2, 0.25) is 0 Å². The van der Waals surface area contributed by atoms with E-state index in [1.807, 2.05) is 18.3 Å². The molecule has 1 amide bonds. The average molecular weight is 323 g/mol. The van der Waals surface area contributed by atoms with E-state index in [0.717, 1.165) is 31.0 Å². The maximum absolute atomic E-state index is 12.1. The number of aryl methyl sites for hydroxylation is 1. The summed E-state index contributed by atoms with van der Waals surface area (Å²) in [6, 6.07) is 8.15. The van der Waals surface area contributed by atoms with E-state index >= 15 is 0 Å². The van der Waals surface area contributed by atoms with Crippen molar-refractivity contribution < 1.29 is 4.79 Å². The predicted octanol–water partition coefficient (Wildman–Crippen LogP) is 4.41. The van der Waals surface area contributed by atoms with Crippen molar-refractivity contribution in [1.29, 1.82) is 0 Å². The van der Waals surface area contributed by atoms with Gasteiger partial charge in [0, 0.05) is 25.1 Å². The SMILES string of the molecule is O=C(CCC1CCCC1)Nc1ccc(-c2cnc3n2CCC3)cc1. The molecule has 0 bridgehead atoms. The van der Waals surface area contributed by atoms with Crippen LogP contribution in [0.1, 0.15) is 50.8 Å². The molecule has 2 aromatic rings. The number of aromatic nitrogens is 2. The van der Waals surface area contributed by atoms with E-state index in [4.69, 9.17) is 0 Å². The molecule has 0 radical (unpaired) electrons. The summed E-state index contributed by atoms with van der Waals surface area (Å²) < 4.78 is 2.30. The van der Waals surface area contributed by atoms with Crippen molar-refractivity contribution in [1.82, 2.24) is 9.55 Å². The normalized spacial score (nSPS) is 17.2. The van der Waals surface area contributed by atoms with E-state index in [9.17, 15) is 4.79 Å². The van der Waals surface area contributed by atoms with E-state index in [2.05, 4.69) is 27.0 Å². The molecular formula is C20H25N3O. The molecule has 2 aliphatic rings. The van der Waals surface area contributed by atoms with Crippen molar-refractivity contribution in [2.45, 2.75) is 57.9 Å². The molecule has 2 heterocycles. The van der Waals surface area contributed by atoms with Gasteiger partial charge in [-0.2, -0.15) is 0 Å². The fraction of sp³-hybridized carbons (Fsp3) is 0.500. The Labute approximate surface area is 143 Å². The molecule has 126 valence electrons. The van der Waals surface area contributed by atoms with Gasteiger partial charge in [-0.3, -0.25) is 4.79 Å². The van der Waals surface area contributed by atoms with Crippen LogP contribution in [0.4, 0.5) is 5.69 Å². The van der Waals surface area contributed by atoms with Crippen LogP contribution in [-0.4, -0.2) is 15.5 Å². The van der Waals surface area contributed by atoms with Crippen LogP contribution in [0.5, 0.6) is 0 Å². The largest absolute Gasteiger partial charge is 0.328 e. The van der Waals surface area contributed by atoms with E-state index in [0.29, 0.717) is 6.42 Å². The van der Waals surface area contributed by atoms with Gasteiger partial charge in [0.15, 0.2) is 0 Å². The molecule has 1 aliphatic carbocycles. The number of hydrogen-bond acceptors (Lipinski definition) is 2. The molecular weight excluding hydrogens is 298 g/mol. The first-order chi connectivity index (χ1) is 11.8. The van der Waals surface area contributed by atoms with Gasteiger partial charge in [-0.25, -0.2) is 4.98 Å². The van der Waals surface area contributed by atoms with Gasteiger partial charge in [0.25, 0.3) is 0 Å². The smallest absolute Gasteiger partial charge is 0.224 e. The second kappa shape index (κ2) is 6.80. The Hall–Kier alpha value is -2.10. The van der Waals surface area contributed by atoms with Crippen molar-refractivity contribution in [3.05, 3.63) is 36.3 Å². The number of imidazole rings is 1. The van der Waals surface area contributed by atoms with Gasteiger partial charge >= 0.3 is 0 Å². The lowest BCUT2D eigenvalue weighted by Gasteiger charge is -2.10. The minimum Gasteiger partial charge on any atom is -0.328 e. The Balaban J connectivity index is 1.36. The molecule has 4 nitrogen and oxygen atoms in total. The summed E-state index contributed by atoms with van der Waals surface area (Å²) >= 11 is 0. The minimum absolute atomic E-state index is 0.139. The fourth-order valence-electron chi connectivity index (χ4n) is 4.07. The highest BCUT2D eigenvalue weighted by atomic mass is 16.1. The zero-order chi connectivity index (χ0) is 16.4. The second-order valence-corrected chi connectivity index (χ2v) is 7.13. The van der Waals surface area contributed by atoms with Crippen LogP contribution in [-0.2, 0) is 17.8 Å². The molecule has 4 heteroatoms. The Morgan fingerprint density at radius 1 is 1.17 bits per heavy atom. The molecule has 0 atom stereocenters. The maximum atomic E-state index is 12.1. The average Bonchev–Trinajstić information content (AvgIpc) is 3.32. The topological polar surface area (TPSA) is 46.9 Å². The lowest BCUT2D eigenvalue weighted by atomic mass is 10.0. The Morgan fingerprint density at radius 2 is 1.96 bits per heavy atom. The number of nitrogens with one attached hydrogen (secondary N) is 1. The van der Waals surface area contributed by atoms with E-state index < -0.39 is 0 Å². The first kappa shape index (κ1) is 15.4. The van der Waals surface area contributed by atoms with Gasteiger partial charge in [-0.15, -0.1) is 0 Å². The second-order valence-electron chi connectivity index (χ2n) is 7.13. The number of anilines is 1. The molecule has 1 aromatic heterocycles. The van der Waals surface area contributed by atoms with E-state index in [-0.39, 0.29) is 5.91 Å². The molecule has 1 N–H and O–H groups in total. The van der Waals surface area contributed by atoms with Crippen molar-refractivity contribution in [3.8, 4) is 11.3 Å². The predicted molar refractivity (Wildman–Crippen MR) is 95.8 cm³/mol. The van der Waals surface area contributed by atoms with E-state index in [1.165, 1.54) is 49.2 Å². The summed E-state index contributed by atoms with van der Waals surface area (Å²) in [6.45, 7) is 1.06. The third-order valence-electron chi connectivity index (χ3n) is 5.44. The van der Waals surface area contributed by atoms with Crippen molar-refractivity contribution in [2.24, 2.45) is 5.92 Å². The van der Waals surface area contributed by atoms with E-state index in [1.54, 1.807) is 0 Å². The van der Waals surface area contributed by atoms with Crippen LogP contribution in [0.25, 0.3) is 11.3 Å². The number of rotatable bonds is 5. The first-order valence-corrected chi connectivity index (χ1v) is 9.24. The molecule has 4 rings (SSSR count). The summed E-state index contributed by atoms with van der Waals surface area (Å²) in [5, 5.41) is 3.03. The first-order valence-electron chi connectivity index (χ1n) is 9.24. The van der Waals surface area contributed by atoms with Gasteiger partial charge in [-0.05, 0) is 36.5 Å². The van der Waals surface area contributed by atoms with Gasteiger partial charge in [0.2, 0.25) is 5.91 Å². The van der Waals surface area contributed by atoms with Crippen LogP contribution in [0, 0.1) is 5.92 Å². The number of nitrogens with zero attached hydrogens (tertiary/aromatic N) is 2. The monoisotopic (exact) mass is 323 g/mol. The maximum Gasteiger partial charge on any atom is 0.224 e. The summed E-state index contributed by atoms with van der Waals surface area (Å²) in [5.41, 5.74) is 3.23. The van der Waals surface area contributed by atoms with Gasteiger partial charge in [-0.1, -0.05) is 37.8 Å². The number of amides is 1.